The fourth-order valence-corrected chi connectivity index (χ4v) is 1.22. The second-order valence-corrected chi connectivity index (χ2v) is 3.83. The predicted octanol–water partition coefficient (Wildman–Crippen LogP) is 1.53. The summed E-state index contributed by atoms with van der Waals surface area (Å²) in [6.45, 7) is 0. The molecule has 3 nitrogen and oxygen atoms in total. The van der Waals surface area contributed by atoms with Crippen LogP contribution in [0.4, 0.5) is 11.4 Å². The van der Waals surface area contributed by atoms with Crippen molar-refractivity contribution in [3.05, 3.63) is 21.8 Å². The van der Waals surface area contributed by atoms with Gasteiger partial charge in [-0.15, -0.1) is 0 Å². The average molecular weight is 293 g/mol. The molecular formula is C7H8IN3S. The number of benzene rings is 1. The van der Waals surface area contributed by atoms with Gasteiger partial charge in [0.15, 0.2) is 5.11 Å². The minimum absolute atomic E-state index is 0.246. The summed E-state index contributed by atoms with van der Waals surface area (Å²) in [5, 5.41) is 3.04. The first kappa shape index (κ1) is 9.53. The number of halogens is 1. The normalized spacial score (nSPS) is 9.42. The van der Waals surface area contributed by atoms with Crippen molar-refractivity contribution in [2.24, 2.45) is 5.73 Å². The third-order valence-corrected chi connectivity index (χ3v) is 2.35. The Hall–Kier alpha value is -0.560. The maximum absolute atomic E-state index is 5.66. The molecule has 0 fully saturated rings. The van der Waals surface area contributed by atoms with Crippen LogP contribution in [0, 0.1) is 3.57 Å². The molecular weight excluding hydrogens is 285 g/mol. The zero-order valence-corrected chi connectivity index (χ0v) is 9.15. The predicted molar refractivity (Wildman–Crippen MR) is 64.0 cm³/mol. The molecule has 1 aromatic rings. The van der Waals surface area contributed by atoms with Crippen LogP contribution in [-0.4, -0.2) is 5.11 Å². The van der Waals surface area contributed by atoms with Gasteiger partial charge in [0.05, 0.1) is 0 Å². The summed E-state index contributed by atoms with van der Waals surface area (Å²) in [6, 6.07) is 5.56. The Bertz CT molecular complexity index is 314. The Morgan fingerprint density at radius 2 is 2.17 bits per heavy atom. The third-order valence-electron chi connectivity index (χ3n) is 1.26. The van der Waals surface area contributed by atoms with Crippen molar-refractivity contribution in [2.75, 3.05) is 11.1 Å². The van der Waals surface area contributed by atoms with E-state index in [-0.39, 0.29) is 5.11 Å². The molecule has 0 amide bonds. The number of anilines is 2. The first-order valence-corrected chi connectivity index (χ1v) is 4.70. The Labute approximate surface area is 89.6 Å². The van der Waals surface area contributed by atoms with Crippen molar-refractivity contribution in [3.63, 3.8) is 0 Å². The molecule has 0 saturated heterocycles. The molecule has 0 unspecified atom stereocenters. The van der Waals surface area contributed by atoms with Crippen molar-refractivity contribution >= 4 is 51.3 Å². The lowest BCUT2D eigenvalue weighted by Gasteiger charge is -2.05. The highest BCUT2D eigenvalue weighted by Crippen LogP contribution is 2.19. The third kappa shape index (κ3) is 2.49. The second-order valence-electron chi connectivity index (χ2n) is 2.23. The van der Waals surface area contributed by atoms with Crippen LogP contribution in [0.5, 0.6) is 0 Å². The average Bonchev–Trinajstić information content (AvgIpc) is 1.96. The van der Waals surface area contributed by atoms with Gasteiger partial charge in [-0.05, 0) is 53.0 Å². The van der Waals surface area contributed by atoms with E-state index in [4.69, 9.17) is 11.5 Å². The SMILES string of the molecule is NC(=S)Nc1ccc(I)c(N)c1. The molecule has 0 aliphatic rings. The van der Waals surface area contributed by atoms with E-state index in [1.54, 1.807) is 6.07 Å². The molecule has 0 bridgehead atoms. The molecule has 0 spiro atoms. The summed E-state index contributed by atoms with van der Waals surface area (Å²) >= 11 is 6.84. The molecule has 12 heavy (non-hydrogen) atoms. The highest BCUT2D eigenvalue weighted by atomic mass is 127. The standard InChI is InChI=1S/C7H8IN3S/c8-5-2-1-4(3-6(5)9)11-7(10)12/h1-3H,9H2,(H3,10,11,12). The lowest BCUT2D eigenvalue weighted by molar-refractivity contribution is 1.57. The van der Waals surface area contributed by atoms with E-state index in [0.717, 1.165) is 14.9 Å². The van der Waals surface area contributed by atoms with Gasteiger partial charge in [-0.3, -0.25) is 0 Å². The highest BCUT2D eigenvalue weighted by molar-refractivity contribution is 14.1. The van der Waals surface area contributed by atoms with Gasteiger partial charge in [0, 0.05) is 14.9 Å². The maximum atomic E-state index is 5.66. The van der Waals surface area contributed by atoms with E-state index in [1.807, 2.05) is 12.1 Å². The first-order valence-electron chi connectivity index (χ1n) is 3.21. The first-order chi connectivity index (χ1) is 5.59. The van der Waals surface area contributed by atoms with Crippen LogP contribution in [0.15, 0.2) is 18.2 Å². The van der Waals surface area contributed by atoms with Gasteiger partial charge in [0.2, 0.25) is 0 Å². The number of nitrogens with one attached hydrogen (secondary N) is 1. The molecule has 0 aliphatic heterocycles. The number of nitrogen functional groups attached to an aromatic ring is 1. The molecule has 0 atom stereocenters. The van der Waals surface area contributed by atoms with Crippen LogP contribution in [0.1, 0.15) is 0 Å². The van der Waals surface area contributed by atoms with Crippen molar-refractivity contribution in [1.82, 2.24) is 0 Å². The minimum atomic E-state index is 0.246. The van der Waals surface area contributed by atoms with Gasteiger partial charge >= 0.3 is 0 Å². The molecule has 0 aromatic heterocycles. The van der Waals surface area contributed by atoms with Crippen LogP contribution >= 0.6 is 34.8 Å². The van der Waals surface area contributed by atoms with E-state index < -0.39 is 0 Å². The topological polar surface area (TPSA) is 64.1 Å². The molecule has 1 aromatic carbocycles. The lowest BCUT2D eigenvalue weighted by atomic mass is 10.3. The summed E-state index contributed by atoms with van der Waals surface area (Å²) in [5.74, 6) is 0. The van der Waals surface area contributed by atoms with E-state index in [1.165, 1.54) is 0 Å². The summed E-state index contributed by atoms with van der Waals surface area (Å²) in [7, 11) is 0. The number of hydrogen-bond donors (Lipinski definition) is 3. The smallest absolute Gasteiger partial charge is 0.168 e. The van der Waals surface area contributed by atoms with Gasteiger partial charge in [-0.1, -0.05) is 0 Å². The Kier molecular flexibility index (Phi) is 3.10. The van der Waals surface area contributed by atoms with Gasteiger partial charge < -0.3 is 16.8 Å². The molecule has 64 valence electrons. The Morgan fingerprint density at radius 3 is 2.67 bits per heavy atom. The van der Waals surface area contributed by atoms with Crippen LogP contribution in [0.2, 0.25) is 0 Å². The van der Waals surface area contributed by atoms with Crippen molar-refractivity contribution in [2.45, 2.75) is 0 Å². The monoisotopic (exact) mass is 293 g/mol. The number of thiocarbonyl (C=S) groups is 1. The fraction of sp³-hybridized carbons (Fsp3) is 0. The van der Waals surface area contributed by atoms with Crippen molar-refractivity contribution in [3.8, 4) is 0 Å². The van der Waals surface area contributed by atoms with Gasteiger partial charge in [0.1, 0.15) is 0 Å². The Morgan fingerprint density at radius 1 is 1.50 bits per heavy atom. The van der Waals surface area contributed by atoms with Gasteiger partial charge in [-0.25, -0.2) is 0 Å². The van der Waals surface area contributed by atoms with Gasteiger partial charge in [-0.2, -0.15) is 0 Å². The van der Waals surface area contributed by atoms with Crippen molar-refractivity contribution in [1.29, 1.82) is 0 Å². The minimum Gasteiger partial charge on any atom is -0.398 e. The molecule has 5 N–H and O–H groups in total. The van der Waals surface area contributed by atoms with Crippen LogP contribution in [0.3, 0.4) is 0 Å². The van der Waals surface area contributed by atoms with Crippen LogP contribution in [-0.2, 0) is 0 Å². The summed E-state index contributed by atoms with van der Waals surface area (Å²) in [4.78, 5) is 0. The lowest BCUT2D eigenvalue weighted by Crippen LogP contribution is -2.18. The zero-order valence-electron chi connectivity index (χ0n) is 6.17. The van der Waals surface area contributed by atoms with Crippen LogP contribution < -0.4 is 16.8 Å². The number of rotatable bonds is 1. The maximum Gasteiger partial charge on any atom is 0.168 e. The van der Waals surface area contributed by atoms with E-state index in [0.29, 0.717) is 0 Å². The molecule has 0 radical (unpaired) electrons. The number of hydrogen-bond acceptors (Lipinski definition) is 2. The molecule has 5 heteroatoms. The quantitative estimate of drug-likeness (QED) is 0.417. The summed E-state index contributed by atoms with van der Waals surface area (Å²) < 4.78 is 1.01. The molecule has 0 saturated carbocycles. The van der Waals surface area contributed by atoms with Crippen molar-refractivity contribution < 1.29 is 0 Å². The second kappa shape index (κ2) is 3.90. The number of nitrogens with two attached hydrogens (primary N) is 2. The van der Waals surface area contributed by atoms with E-state index >= 15 is 0 Å². The summed E-state index contributed by atoms with van der Waals surface area (Å²) in [6.07, 6.45) is 0. The largest absolute Gasteiger partial charge is 0.398 e. The van der Waals surface area contributed by atoms with Crippen LogP contribution in [0.25, 0.3) is 0 Å². The zero-order chi connectivity index (χ0) is 9.14. The van der Waals surface area contributed by atoms with E-state index in [9.17, 15) is 0 Å². The molecule has 0 aliphatic carbocycles. The summed E-state index contributed by atoms with van der Waals surface area (Å²) in [5.41, 5.74) is 12.5. The van der Waals surface area contributed by atoms with Gasteiger partial charge in [0.25, 0.3) is 0 Å². The van der Waals surface area contributed by atoms with E-state index in [2.05, 4.69) is 40.1 Å². The Balaban J connectivity index is 2.89. The molecule has 1 rings (SSSR count). The molecule has 0 heterocycles. The highest BCUT2D eigenvalue weighted by Gasteiger charge is 1.97. The fourth-order valence-electron chi connectivity index (χ4n) is 0.764.